The van der Waals surface area contributed by atoms with Gasteiger partial charge in [-0.15, -0.1) is 0 Å². The molecule has 0 saturated carbocycles. The maximum absolute atomic E-state index is 11.2. The molecule has 5 heteroatoms. The molecular formula is C13H26N2O3. The number of piperidine rings is 1. The van der Waals surface area contributed by atoms with Gasteiger partial charge in [0, 0.05) is 20.2 Å². The highest BCUT2D eigenvalue weighted by Gasteiger charge is 2.32. The Bertz CT molecular complexity index is 271. The summed E-state index contributed by atoms with van der Waals surface area (Å²) in [5, 5.41) is 12.1. The van der Waals surface area contributed by atoms with Gasteiger partial charge >= 0.3 is 5.97 Å². The zero-order valence-electron chi connectivity index (χ0n) is 11.7. The lowest BCUT2D eigenvalue weighted by atomic mass is 9.95. The van der Waals surface area contributed by atoms with Crippen molar-refractivity contribution in [2.75, 3.05) is 40.4 Å². The van der Waals surface area contributed by atoms with Crippen LogP contribution in [0.5, 0.6) is 0 Å². The molecule has 0 bridgehead atoms. The molecule has 0 aromatic rings. The van der Waals surface area contributed by atoms with E-state index in [-0.39, 0.29) is 0 Å². The molecule has 0 spiro atoms. The van der Waals surface area contributed by atoms with Crippen LogP contribution >= 0.6 is 0 Å². The summed E-state index contributed by atoms with van der Waals surface area (Å²) < 4.78 is 5.20. The molecule has 18 heavy (non-hydrogen) atoms. The average molecular weight is 258 g/mol. The van der Waals surface area contributed by atoms with E-state index in [1.807, 2.05) is 0 Å². The topological polar surface area (TPSA) is 61.8 Å². The summed E-state index contributed by atoms with van der Waals surface area (Å²) >= 11 is 0. The van der Waals surface area contributed by atoms with Crippen LogP contribution < -0.4 is 5.32 Å². The van der Waals surface area contributed by atoms with Gasteiger partial charge < -0.3 is 20.1 Å². The molecule has 1 aliphatic heterocycles. The minimum atomic E-state index is -0.825. The second-order valence-corrected chi connectivity index (χ2v) is 5.40. The molecule has 1 fully saturated rings. The number of rotatable bonds is 7. The number of hydrogen-bond donors (Lipinski definition) is 2. The summed E-state index contributed by atoms with van der Waals surface area (Å²) in [6.45, 7) is 5.46. The van der Waals surface area contributed by atoms with Crippen LogP contribution in [0.4, 0.5) is 0 Å². The van der Waals surface area contributed by atoms with Crippen LogP contribution in [-0.2, 0) is 9.53 Å². The summed E-state index contributed by atoms with van der Waals surface area (Å²) in [5.74, 6) is -0.190. The van der Waals surface area contributed by atoms with Gasteiger partial charge in [-0.25, -0.2) is 0 Å². The van der Waals surface area contributed by atoms with Crippen molar-refractivity contribution < 1.29 is 14.6 Å². The maximum atomic E-state index is 11.2. The zero-order chi connectivity index (χ0) is 13.6. The lowest BCUT2D eigenvalue weighted by Gasteiger charge is -2.34. The Morgan fingerprint density at radius 3 is 2.89 bits per heavy atom. The fourth-order valence-corrected chi connectivity index (χ4v) is 2.45. The summed E-state index contributed by atoms with van der Waals surface area (Å²) in [6.07, 6.45) is 3.02. The highest BCUT2D eigenvalue weighted by atomic mass is 16.5. The van der Waals surface area contributed by atoms with Gasteiger partial charge in [-0.3, -0.25) is 4.79 Å². The largest absolute Gasteiger partial charge is 0.480 e. The van der Waals surface area contributed by atoms with E-state index in [9.17, 15) is 9.90 Å². The molecule has 1 saturated heterocycles. The number of nitrogens with zero attached hydrogens (tertiary/aromatic N) is 1. The molecular weight excluding hydrogens is 232 g/mol. The second-order valence-electron chi connectivity index (χ2n) is 5.40. The molecule has 1 heterocycles. The van der Waals surface area contributed by atoms with Gasteiger partial charge in [-0.2, -0.15) is 0 Å². The number of aliphatic carboxylic acids is 1. The molecule has 0 aliphatic carbocycles. The molecule has 2 N–H and O–H groups in total. The third kappa shape index (κ3) is 4.23. The quantitative estimate of drug-likeness (QED) is 0.707. The number of nitrogens with one attached hydrogen (secondary N) is 1. The lowest BCUT2D eigenvalue weighted by molar-refractivity contribution is -0.144. The van der Waals surface area contributed by atoms with E-state index in [1.54, 1.807) is 21.1 Å². The number of carboxylic acids is 1. The molecule has 106 valence electrons. The monoisotopic (exact) mass is 258 g/mol. The zero-order valence-corrected chi connectivity index (χ0v) is 11.7. The SMILES string of the molecule is CNC(C)(CCN1CCCC(COC)C1)C(=O)O. The van der Waals surface area contributed by atoms with Gasteiger partial charge in [0.25, 0.3) is 0 Å². The molecule has 1 aliphatic rings. The van der Waals surface area contributed by atoms with Crippen LogP contribution in [0.25, 0.3) is 0 Å². The summed E-state index contributed by atoms with van der Waals surface area (Å²) in [7, 11) is 3.44. The van der Waals surface area contributed by atoms with Crippen LogP contribution in [0.1, 0.15) is 26.2 Å². The standard InChI is InChI=1S/C13H26N2O3/c1-13(14-2,12(16)17)6-8-15-7-4-5-11(9-15)10-18-3/h11,14H,4-10H2,1-3H3,(H,16,17). The van der Waals surface area contributed by atoms with Crippen molar-refractivity contribution in [1.29, 1.82) is 0 Å². The van der Waals surface area contributed by atoms with Crippen LogP contribution in [0, 0.1) is 5.92 Å². The predicted octanol–water partition coefficient (Wildman–Crippen LogP) is 0.798. The summed E-state index contributed by atoms with van der Waals surface area (Å²) in [4.78, 5) is 13.5. The van der Waals surface area contributed by atoms with Crippen LogP contribution in [0.3, 0.4) is 0 Å². The number of methoxy groups -OCH3 is 1. The van der Waals surface area contributed by atoms with Crippen molar-refractivity contribution in [2.24, 2.45) is 5.92 Å². The summed E-state index contributed by atoms with van der Waals surface area (Å²) in [5.41, 5.74) is -0.825. The van der Waals surface area contributed by atoms with E-state index >= 15 is 0 Å². The number of likely N-dealkylation sites (N-methyl/N-ethyl adjacent to an activating group) is 1. The molecule has 5 nitrogen and oxygen atoms in total. The average Bonchev–Trinajstić information content (AvgIpc) is 2.36. The van der Waals surface area contributed by atoms with E-state index in [1.165, 1.54) is 12.8 Å². The third-order valence-electron chi connectivity index (χ3n) is 3.96. The van der Waals surface area contributed by atoms with E-state index < -0.39 is 11.5 Å². The first-order valence-corrected chi connectivity index (χ1v) is 6.65. The molecule has 2 unspecified atom stereocenters. The predicted molar refractivity (Wildman–Crippen MR) is 70.8 cm³/mol. The Morgan fingerprint density at radius 1 is 1.61 bits per heavy atom. The van der Waals surface area contributed by atoms with Crippen LogP contribution in [-0.4, -0.2) is 61.9 Å². The molecule has 0 aromatic carbocycles. The van der Waals surface area contributed by atoms with E-state index in [4.69, 9.17) is 4.74 Å². The first-order valence-electron chi connectivity index (χ1n) is 6.65. The number of carbonyl (C=O) groups is 1. The van der Waals surface area contributed by atoms with Gasteiger partial charge in [-0.05, 0) is 45.7 Å². The van der Waals surface area contributed by atoms with Crippen LogP contribution in [0.2, 0.25) is 0 Å². The van der Waals surface area contributed by atoms with Crippen molar-refractivity contribution in [3.05, 3.63) is 0 Å². The highest BCUT2D eigenvalue weighted by molar-refractivity contribution is 5.78. The van der Waals surface area contributed by atoms with E-state index in [0.29, 0.717) is 12.3 Å². The number of likely N-dealkylation sites (tertiary alicyclic amines) is 1. The Labute approximate surface area is 109 Å². The first kappa shape index (κ1) is 15.4. The first-order chi connectivity index (χ1) is 8.51. The third-order valence-corrected chi connectivity index (χ3v) is 3.96. The molecule has 2 atom stereocenters. The van der Waals surface area contributed by atoms with Crippen molar-refractivity contribution >= 4 is 5.97 Å². The lowest BCUT2D eigenvalue weighted by Crippen LogP contribution is -2.50. The number of ether oxygens (including phenoxy) is 1. The minimum Gasteiger partial charge on any atom is -0.480 e. The van der Waals surface area contributed by atoms with Gasteiger partial charge in [0.1, 0.15) is 5.54 Å². The van der Waals surface area contributed by atoms with E-state index in [0.717, 1.165) is 26.2 Å². The van der Waals surface area contributed by atoms with Crippen molar-refractivity contribution in [3.8, 4) is 0 Å². The van der Waals surface area contributed by atoms with Crippen LogP contribution in [0.15, 0.2) is 0 Å². The van der Waals surface area contributed by atoms with Gasteiger partial charge in [0.15, 0.2) is 0 Å². The smallest absolute Gasteiger partial charge is 0.323 e. The summed E-state index contributed by atoms with van der Waals surface area (Å²) in [6, 6.07) is 0. The maximum Gasteiger partial charge on any atom is 0.323 e. The molecule has 1 rings (SSSR count). The van der Waals surface area contributed by atoms with Gasteiger partial charge in [-0.1, -0.05) is 0 Å². The van der Waals surface area contributed by atoms with Crippen molar-refractivity contribution in [3.63, 3.8) is 0 Å². The van der Waals surface area contributed by atoms with E-state index in [2.05, 4.69) is 10.2 Å². The Balaban J connectivity index is 2.40. The highest BCUT2D eigenvalue weighted by Crippen LogP contribution is 2.18. The van der Waals surface area contributed by atoms with Gasteiger partial charge in [0.2, 0.25) is 0 Å². The fraction of sp³-hybridized carbons (Fsp3) is 0.923. The van der Waals surface area contributed by atoms with Crippen molar-refractivity contribution in [2.45, 2.75) is 31.7 Å². The fourth-order valence-electron chi connectivity index (χ4n) is 2.45. The number of carboxylic acid groups (broad SMARTS) is 1. The number of hydrogen-bond acceptors (Lipinski definition) is 4. The Morgan fingerprint density at radius 2 is 2.33 bits per heavy atom. The van der Waals surface area contributed by atoms with Crippen molar-refractivity contribution in [1.82, 2.24) is 10.2 Å². The Hall–Kier alpha value is -0.650. The Kier molecular flexibility index (Phi) is 6.05. The van der Waals surface area contributed by atoms with Gasteiger partial charge in [0.05, 0.1) is 6.61 Å². The molecule has 0 amide bonds. The normalized spacial score (nSPS) is 24.7. The molecule has 0 aromatic heterocycles. The minimum absolute atomic E-state index is 0.592. The second kappa shape index (κ2) is 7.07. The molecule has 0 radical (unpaired) electrons.